The van der Waals surface area contributed by atoms with Gasteiger partial charge in [-0.15, -0.1) is 0 Å². The molecule has 3 aliphatic heterocycles. The zero-order valence-electron chi connectivity index (χ0n) is 28.8. The van der Waals surface area contributed by atoms with E-state index >= 15 is 0 Å². The molecular weight excluding hydrogens is 670 g/mol. The molecule has 2 atom stereocenters. The molecule has 0 radical (unpaired) electrons. The summed E-state index contributed by atoms with van der Waals surface area (Å²) in [6, 6.07) is 17.4. The standard InChI is InChI=1S/C40H40F2N4O6/c41-32-10-9-28(18-33(32)42)38-30-17-29-20-43-46(36-8-4-5-13-50-36)34(29)19-31(30)40(44-39(38)27-11-14-49-15-12-27)52-24-26-16-35(47)45(21-26)22-37(48)51-23-25-6-2-1-3-7-25/h1-3,6-7,9-10,17-20,26-27,36H,4-5,8,11-16,21-24H2. The van der Waals surface area contributed by atoms with Crippen LogP contribution in [0.2, 0.25) is 0 Å². The molecule has 0 saturated carbocycles. The van der Waals surface area contributed by atoms with Crippen molar-refractivity contribution in [3.8, 4) is 17.0 Å². The predicted octanol–water partition coefficient (Wildman–Crippen LogP) is 7.09. The minimum atomic E-state index is -0.938. The molecule has 5 aromatic rings. The first-order valence-corrected chi connectivity index (χ1v) is 18.0. The summed E-state index contributed by atoms with van der Waals surface area (Å²) in [6.07, 6.45) is 6.12. The minimum Gasteiger partial charge on any atom is -0.477 e. The first-order chi connectivity index (χ1) is 25.4. The van der Waals surface area contributed by atoms with Gasteiger partial charge in [-0.3, -0.25) is 9.59 Å². The minimum absolute atomic E-state index is 0.0110. The number of halogens is 2. The first-order valence-electron chi connectivity index (χ1n) is 18.0. The van der Waals surface area contributed by atoms with Gasteiger partial charge in [-0.25, -0.2) is 18.4 Å². The summed E-state index contributed by atoms with van der Waals surface area (Å²) in [5, 5.41) is 7.05. The van der Waals surface area contributed by atoms with Crippen LogP contribution in [0.1, 0.15) is 61.9 Å². The number of carbonyl (C=O) groups is 2. The van der Waals surface area contributed by atoms with Gasteiger partial charge in [-0.05, 0) is 72.9 Å². The van der Waals surface area contributed by atoms with E-state index in [4.69, 9.17) is 29.0 Å². The van der Waals surface area contributed by atoms with E-state index in [0.717, 1.165) is 52.9 Å². The van der Waals surface area contributed by atoms with Gasteiger partial charge < -0.3 is 23.8 Å². The average molecular weight is 711 g/mol. The molecule has 0 bridgehead atoms. The van der Waals surface area contributed by atoms with E-state index in [2.05, 4.69) is 0 Å². The van der Waals surface area contributed by atoms with E-state index in [1.54, 1.807) is 12.3 Å². The third-order valence-electron chi connectivity index (χ3n) is 10.3. The molecule has 52 heavy (non-hydrogen) atoms. The van der Waals surface area contributed by atoms with Crippen molar-refractivity contribution >= 4 is 33.6 Å². The predicted molar refractivity (Wildman–Crippen MR) is 188 cm³/mol. The maximum Gasteiger partial charge on any atom is 0.325 e. The van der Waals surface area contributed by atoms with Crippen molar-refractivity contribution in [2.24, 2.45) is 5.92 Å². The molecule has 2 aromatic heterocycles. The molecule has 3 aromatic carbocycles. The summed E-state index contributed by atoms with van der Waals surface area (Å²) in [6.45, 7) is 2.30. The number of rotatable bonds is 10. The fourth-order valence-corrected chi connectivity index (χ4v) is 7.57. The fourth-order valence-electron chi connectivity index (χ4n) is 7.57. The Balaban J connectivity index is 1.13. The Kier molecular flexibility index (Phi) is 9.83. The zero-order chi connectivity index (χ0) is 35.6. The lowest BCUT2D eigenvalue weighted by atomic mass is 9.87. The summed E-state index contributed by atoms with van der Waals surface area (Å²) < 4.78 is 54.7. The number of aromatic nitrogens is 3. The number of likely N-dealkylation sites (tertiary alicyclic amines) is 1. The van der Waals surface area contributed by atoms with Gasteiger partial charge in [0.25, 0.3) is 0 Å². The van der Waals surface area contributed by atoms with Gasteiger partial charge in [0.05, 0.1) is 24.0 Å². The van der Waals surface area contributed by atoms with Gasteiger partial charge in [-0.1, -0.05) is 36.4 Å². The van der Waals surface area contributed by atoms with Crippen molar-refractivity contribution < 1.29 is 37.3 Å². The molecule has 1 amide bonds. The van der Waals surface area contributed by atoms with Crippen LogP contribution in [0.15, 0.2) is 66.9 Å². The maximum atomic E-state index is 14.8. The second kappa shape index (κ2) is 15.0. The molecule has 3 aliphatic rings. The topological polar surface area (TPSA) is 105 Å². The van der Waals surface area contributed by atoms with Crippen molar-refractivity contribution in [1.82, 2.24) is 19.7 Å². The second-order valence-corrected chi connectivity index (χ2v) is 13.9. The highest BCUT2D eigenvalue weighted by Gasteiger charge is 2.33. The Morgan fingerprint density at radius 1 is 0.942 bits per heavy atom. The van der Waals surface area contributed by atoms with Crippen LogP contribution in [0, 0.1) is 17.6 Å². The Morgan fingerprint density at radius 3 is 2.58 bits per heavy atom. The SMILES string of the molecule is O=C(CN1CC(COc2nc(C3CCOCC3)c(-c3ccc(F)c(F)c3)c3cc4cnn(C5CCCCO5)c4cc23)CC1=O)OCc1ccccc1. The van der Waals surface area contributed by atoms with Gasteiger partial charge in [0.2, 0.25) is 11.8 Å². The van der Waals surface area contributed by atoms with E-state index in [1.165, 1.54) is 11.0 Å². The van der Waals surface area contributed by atoms with Gasteiger partial charge in [0.15, 0.2) is 17.9 Å². The van der Waals surface area contributed by atoms with E-state index in [-0.39, 0.29) is 50.2 Å². The van der Waals surface area contributed by atoms with Crippen LogP contribution in [0.5, 0.6) is 5.88 Å². The van der Waals surface area contributed by atoms with E-state index in [0.29, 0.717) is 61.6 Å². The van der Waals surface area contributed by atoms with Crippen LogP contribution in [-0.4, -0.2) is 71.1 Å². The number of fused-ring (bicyclic) bond motifs is 2. The first kappa shape index (κ1) is 34.2. The molecule has 5 heterocycles. The van der Waals surface area contributed by atoms with Crippen molar-refractivity contribution in [3.63, 3.8) is 0 Å². The third-order valence-corrected chi connectivity index (χ3v) is 10.3. The average Bonchev–Trinajstić information content (AvgIpc) is 3.76. The molecule has 0 N–H and O–H groups in total. The van der Waals surface area contributed by atoms with Gasteiger partial charge in [0.1, 0.15) is 13.2 Å². The number of amides is 1. The normalized spacial score (nSPS) is 19.8. The van der Waals surface area contributed by atoms with Gasteiger partial charge in [0, 0.05) is 61.0 Å². The highest BCUT2D eigenvalue weighted by molar-refractivity contribution is 6.07. The van der Waals surface area contributed by atoms with E-state index < -0.39 is 17.6 Å². The number of benzene rings is 3. The van der Waals surface area contributed by atoms with Gasteiger partial charge in [-0.2, -0.15) is 5.10 Å². The number of pyridine rings is 1. The van der Waals surface area contributed by atoms with Crippen molar-refractivity contribution in [1.29, 1.82) is 0 Å². The van der Waals surface area contributed by atoms with E-state index in [9.17, 15) is 18.4 Å². The molecule has 8 rings (SSSR count). The molecule has 2 unspecified atom stereocenters. The summed E-state index contributed by atoms with van der Waals surface area (Å²) in [5.74, 6) is -2.28. The highest BCUT2D eigenvalue weighted by Crippen LogP contribution is 2.43. The molecule has 3 saturated heterocycles. The number of ether oxygens (including phenoxy) is 4. The number of esters is 1. The van der Waals surface area contributed by atoms with Crippen LogP contribution in [0.25, 0.3) is 32.8 Å². The highest BCUT2D eigenvalue weighted by atomic mass is 19.2. The monoisotopic (exact) mass is 710 g/mol. The largest absolute Gasteiger partial charge is 0.477 e. The van der Waals surface area contributed by atoms with Crippen LogP contribution >= 0.6 is 0 Å². The second-order valence-electron chi connectivity index (χ2n) is 13.9. The summed E-state index contributed by atoms with van der Waals surface area (Å²) in [7, 11) is 0. The summed E-state index contributed by atoms with van der Waals surface area (Å²) >= 11 is 0. The molecule has 270 valence electrons. The molecule has 3 fully saturated rings. The number of carbonyl (C=O) groups excluding carboxylic acids is 2. The van der Waals surface area contributed by atoms with Crippen molar-refractivity contribution in [2.75, 3.05) is 39.5 Å². The lowest BCUT2D eigenvalue weighted by molar-refractivity contribution is -0.149. The Labute approximate surface area is 299 Å². The summed E-state index contributed by atoms with van der Waals surface area (Å²) in [4.78, 5) is 32.3. The van der Waals surface area contributed by atoms with Crippen LogP contribution < -0.4 is 4.74 Å². The lowest BCUT2D eigenvalue weighted by Gasteiger charge is -2.26. The molecular formula is C40H40F2N4O6. The fraction of sp³-hybridized carbons (Fsp3) is 0.400. The Morgan fingerprint density at radius 2 is 1.79 bits per heavy atom. The quantitative estimate of drug-likeness (QED) is 0.142. The lowest BCUT2D eigenvalue weighted by Crippen LogP contribution is -2.32. The number of hydrogen-bond donors (Lipinski definition) is 0. The summed E-state index contributed by atoms with van der Waals surface area (Å²) in [5.41, 5.74) is 3.68. The smallest absolute Gasteiger partial charge is 0.325 e. The number of nitrogens with zero attached hydrogens (tertiary/aromatic N) is 4. The van der Waals surface area contributed by atoms with Gasteiger partial charge >= 0.3 is 5.97 Å². The third kappa shape index (κ3) is 7.09. The van der Waals surface area contributed by atoms with E-state index in [1.807, 2.05) is 47.1 Å². The van der Waals surface area contributed by atoms with Crippen LogP contribution in [0.4, 0.5) is 8.78 Å². The van der Waals surface area contributed by atoms with Crippen molar-refractivity contribution in [2.45, 2.75) is 57.3 Å². The molecule has 0 spiro atoms. The Bertz CT molecular complexity index is 2100. The molecule has 10 nitrogen and oxygen atoms in total. The van der Waals surface area contributed by atoms with Crippen LogP contribution in [0.3, 0.4) is 0 Å². The zero-order valence-corrected chi connectivity index (χ0v) is 28.8. The maximum absolute atomic E-state index is 14.8. The Hall–Kier alpha value is -4.94. The van der Waals surface area contributed by atoms with Crippen LogP contribution in [-0.2, 0) is 30.4 Å². The molecule has 0 aliphatic carbocycles. The van der Waals surface area contributed by atoms with Crippen molar-refractivity contribution in [3.05, 3.63) is 89.8 Å². The number of hydrogen-bond acceptors (Lipinski definition) is 8. The molecule has 12 heteroatoms.